The third-order valence-corrected chi connectivity index (χ3v) is 7.16. The van der Waals surface area contributed by atoms with Crippen LogP contribution in [0.25, 0.3) is 16.6 Å². The Morgan fingerprint density at radius 1 is 1.12 bits per heavy atom. The van der Waals surface area contributed by atoms with E-state index in [4.69, 9.17) is 9.47 Å². The molecule has 42 heavy (non-hydrogen) atoms. The SMILES string of the molecule is CCOc1cc2ncnc(Nc3ccc(Oc4cc5nncn5cn4)c(C)c3)c2cc1NC(=O)/C=C/[C@H]1CCCN1C. The van der Waals surface area contributed by atoms with E-state index >= 15 is 0 Å². The average Bonchev–Trinajstić information content (AvgIpc) is 3.62. The minimum absolute atomic E-state index is 0.217. The molecule has 1 saturated heterocycles. The summed E-state index contributed by atoms with van der Waals surface area (Å²) < 4.78 is 13.5. The molecule has 12 nitrogen and oxygen atoms in total. The van der Waals surface area contributed by atoms with E-state index in [0.29, 0.717) is 46.7 Å². The van der Waals surface area contributed by atoms with E-state index < -0.39 is 0 Å². The number of benzene rings is 2. The number of likely N-dealkylation sites (tertiary alicyclic amines) is 1. The first-order chi connectivity index (χ1) is 20.5. The molecule has 0 bridgehead atoms. The number of carbonyl (C=O) groups is 1. The first-order valence-corrected chi connectivity index (χ1v) is 13.8. The second-order valence-electron chi connectivity index (χ2n) is 10.1. The summed E-state index contributed by atoms with van der Waals surface area (Å²) in [6.07, 6.45) is 10.4. The first kappa shape index (κ1) is 27.1. The molecule has 1 aliphatic heterocycles. The highest BCUT2D eigenvalue weighted by atomic mass is 16.5. The molecule has 3 aromatic heterocycles. The molecule has 0 unspecified atom stereocenters. The number of hydrogen-bond acceptors (Lipinski definition) is 10. The predicted octanol–water partition coefficient (Wildman–Crippen LogP) is 4.90. The number of anilines is 3. The number of aromatic nitrogens is 6. The zero-order valence-electron chi connectivity index (χ0n) is 23.6. The summed E-state index contributed by atoms with van der Waals surface area (Å²) in [5.41, 5.74) is 3.58. The minimum Gasteiger partial charge on any atom is -0.492 e. The van der Waals surface area contributed by atoms with Crippen molar-refractivity contribution in [2.75, 3.05) is 30.8 Å². The van der Waals surface area contributed by atoms with Crippen LogP contribution in [0.4, 0.5) is 17.2 Å². The highest BCUT2D eigenvalue weighted by Crippen LogP contribution is 2.34. The van der Waals surface area contributed by atoms with Crippen LogP contribution in [0.5, 0.6) is 17.4 Å². The third-order valence-electron chi connectivity index (χ3n) is 7.16. The molecule has 0 spiro atoms. The number of aryl methyl sites for hydroxylation is 1. The third kappa shape index (κ3) is 5.84. The number of amides is 1. The van der Waals surface area contributed by atoms with Crippen molar-refractivity contribution in [3.8, 4) is 17.4 Å². The fourth-order valence-electron chi connectivity index (χ4n) is 4.97. The Bertz CT molecular complexity index is 1790. The van der Waals surface area contributed by atoms with E-state index in [1.807, 2.05) is 50.3 Å². The van der Waals surface area contributed by atoms with Gasteiger partial charge < -0.3 is 20.1 Å². The number of carbonyl (C=O) groups excluding carboxylic acids is 1. The van der Waals surface area contributed by atoms with Gasteiger partial charge in [0.2, 0.25) is 11.8 Å². The molecule has 0 radical (unpaired) electrons. The Morgan fingerprint density at radius 3 is 2.83 bits per heavy atom. The van der Waals surface area contributed by atoms with Crippen molar-refractivity contribution in [3.05, 3.63) is 73.1 Å². The second-order valence-corrected chi connectivity index (χ2v) is 10.1. The summed E-state index contributed by atoms with van der Waals surface area (Å²) in [6, 6.07) is 11.4. The molecule has 4 heterocycles. The predicted molar refractivity (Wildman–Crippen MR) is 159 cm³/mol. The van der Waals surface area contributed by atoms with Gasteiger partial charge in [-0.25, -0.2) is 15.0 Å². The lowest BCUT2D eigenvalue weighted by Crippen LogP contribution is -2.23. The van der Waals surface area contributed by atoms with Crippen molar-refractivity contribution in [1.82, 2.24) is 34.4 Å². The lowest BCUT2D eigenvalue weighted by Gasteiger charge is -2.16. The first-order valence-electron chi connectivity index (χ1n) is 13.8. The van der Waals surface area contributed by atoms with E-state index in [0.717, 1.165) is 36.0 Å². The number of nitrogens with one attached hydrogen (secondary N) is 2. The molecule has 1 aliphatic rings. The molecule has 6 rings (SSSR count). The number of rotatable bonds is 9. The molecule has 5 aromatic rings. The number of ether oxygens (including phenoxy) is 2. The molecule has 2 aromatic carbocycles. The van der Waals surface area contributed by atoms with Crippen LogP contribution in [-0.4, -0.2) is 66.6 Å². The van der Waals surface area contributed by atoms with Gasteiger partial charge in [-0.05, 0) is 70.1 Å². The molecular weight excluding hydrogens is 534 g/mol. The lowest BCUT2D eigenvalue weighted by atomic mass is 10.1. The van der Waals surface area contributed by atoms with Crippen molar-refractivity contribution in [2.24, 2.45) is 0 Å². The van der Waals surface area contributed by atoms with E-state index in [-0.39, 0.29) is 11.9 Å². The molecule has 0 saturated carbocycles. The Balaban J connectivity index is 1.23. The maximum atomic E-state index is 12.9. The highest BCUT2D eigenvalue weighted by Gasteiger charge is 2.18. The van der Waals surface area contributed by atoms with Gasteiger partial charge in [-0.15, -0.1) is 10.2 Å². The van der Waals surface area contributed by atoms with Crippen molar-refractivity contribution in [1.29, 1.82) is 0 Å². The molecule has 214 valence electrons. The second kappa shape index (κ2) is 11.8. The van der Waals surface area contributed by atoms with Gasteiger partial charge in [-0.2, -0.15) is 0 Å². The molecule has 1 fully saturated rings. The fourth-order valence-corrected chi connectivity index (χ4v) is 4.97. The molecule has 1 atom stereocenters. The van der Waals surface area contributed by atoms with Crippen molar-refractivity contribution in [2.45, 2.75) is 32.7 Å². The standard InChI is InChI=1S/C30H31N9O3/c1-4-41-26-14-23-22(13-24(26)36-28(40)10-8-21-6-5-11-38(21)3)30(32-16-31-23)35-20-7-9-25(19(2)12-20)42-29-15-27-37-34-18-39(27)17-33-29/h7-10,12-18,21H,4-6,11H2,1-3H3,(H,36,40)(H,31,32,35)/b10-8+/t21-/m1/s1. The largest absolute Gasteiger partial charge is 0.492 e. The van der Waals surface area contributed by atoms with E-state index in [2.05, 4.69) is 47.7 Å². The average molecular weight is 566 g/mol. The van der Waals surface area contributed by atoms with Gasteiger partial charge in [0.15, 0.2) is 5.65 Å². The van der Waals surface area contributed by atoms with Crippen LogP contribution < -0.4 is 20.1 Å². The Hall–Kier alpha value is -5.10. The molecule has 0 aliphatic carbocycles. The van der Waals surface area contributed by atoms with E-state index in [9.17, 15) is 4.79 Å². The highest BCUT2D eigenvalue weighted by molar-refractivity contribution is 6.03. The van der Waals surface area contributed by atoms with Crippen LogP contribution >= 0.6 is 0 Å². The maximum Gasteiger partial charge on any atom is 0.248 e. The van der Waals surface area contributed by atoms with Crippen LogP contribution in [0.1, 0.15) is 25.3 Å². The summed E-state index contributed by atoms with van der Waals surface area (Å²) in [5, 5.41) is 15.0. The van der Waals surface area contributed by atoms with Gasteiger partial charge in [-0.3, -0.25) is 14.1 Å². The lowest BCUT2D eigenvalue weighted by molar-refractivity contribution is -0.112. The van der Waals surface area contributed by atoms with Crippen LogP contribution in [0, 0.1) is 6.92 Å². The van der Waals surface area contributed by atoms with Gasteiger partial charge in [0.05, 0.1) is 17.8 Å². The van der Waals surface area contributed by atoms with Crippen LogP contribution in [0.15, 0.2) is 67.5 Å². The fraction of sp³-hybridized carbons (Fsp3) is 0.267. The zero-order chi connectivity index (χ0) is 29.1. The normalized spacial score (nSPS) is 15.5. The summed E-state index contributed by atoms with van der Waals surface area (Å²) in [5.74, 6) is 2.00. The smallest absolute Gasteiger partial charge is 0.248 e. The monoisotopic (exact) mass is 565 g/mol. The Labute approximate surface area is 242 Å². The number of nitrogens with zero attached hydrogens (tertiary/aromatic N) is 7. The van der Waals surface area contributed by atoms with Crippen LogP contribution in [0.3, 0.4) is 0 Å². The van der Waals surface area contributed by atoms with Crippen molar-refractivity contribution in [3.63, 3.8) is 0 Å². The summed E-state index contributed by atoms with van der Waals surface area (Å²) in [6.45, 7) is 5.34. The Kier molecular flexibility index (Phi) is 7.60. The molecule has 2 N–H and O–H groups in total. The van der Waals surface area contributed by atoms with E-state index in [1.165, 1.54) is 6.33 Å². The van der Waals surface area contributed by atoms with Gasteiger partial charge in [-0.1, -0.05) is 6.08 Å². The topological polar surface area (TPSA) is 132 Å². The van der Waals surface area contributed by atoms with Crippen LogP contribution in [0.2, 0.25) is 0 Å². The van der Waals surface area contributed by atoms with Gasteiger partial charge in [0, 0.05) is 35.3 Å². The van der Waals surface area contributed by atoms with E-state index in [1.54, 1.807) is 29.2 Å². The molecular formula is C30H31N9O3. The van der Waals surface area contributed by atoms with Crippen LogP contribution in [-0.2, 0) is 4.79 Å². The van der Waals surface area contributed by atoms with Crippen molar-refractivity contribution >= 4 is 39.6 Å². The maximum absolute atomic E-state index is 12.9. The molecule has 1 amide bonds. The van der Waals surface area contributed by atoms with Gasteiger partial charge >= 0.3 is 0 Å². The van der Waals surface area contributed by atoms with Gasteiger partial charge in [0.25, 0.3) is 0 Å². The van der Waals surface area contributed by atoms with Gasteiger partial charge in [0.1, 0.15) is 36.3 Å². The van der Waals surface area contributed by atoms with Crippen molar-refractivity contribution < 1.29 is 14.3 Å². The molecule has 12 heteroatoms. The quantitative estimate of drug-likeness (QED) is 0.238. The summed E-state index contributed by atoms with van der Waals surface area (Å²) in [7, 11) is 2.07. The summed E-state index contributed by atoms with van der Waals surface area (Å²) >= 11 is 0. The Morgan fingerprint density at radius 2 is 2.02 bits per heavy atom. The number of fused-ring (bicyclic) bond motifs is 2. The number of likely N-dealkylation sites (N-methyl/N-ethyl adjacent to an activating group) is 1. The zero-order valence-corrected chi connectivity index (χ0v) is 23.6. The minimum atomic E-state index is -0.217. The number of hydrogen-bond donors (Lipinski definition) is 2. The summed E-state index contributed by atoms with van der Waals surface area (Å²) in [4.78, 5) is 28.3.